The average Bonchev–Trinajstić information content (AvgIpc) is 3.16. The van der Waals surface area contributed by atoms with Crippen molar-refractivity contribution in [1.82, 2.24) is 9.47 Å². The van der Waals surface area contributed by atoms with Crippen LogP contribution in [0.1, 0.15) is 35.3 Å². The molecule has 0 unspecified atom stereocenters. The van der Waals surface area contributed by atoms with Crippen LogP contribution in [0.4, 0.5) is 0 Å². The molecular formula is C19H22N2O2. The number of hydrogen-bond acceptors (Lipinski definition) is 3. The first kappa shape index (κ1) is 13.6. The largest absolute Gasteiger partial charge is 0.457 e. The summed E-state index contributed by atoms with van der Waals surface area (Å²) in [5.74, 6) is 0.460. The van der Waals surface area contributed by atoms with Crippen LogP contribution in [-0.4, -0.2) is 41.2 Å². The van der Waals surface area contributed by atoms with Crippen molar-refractivity contribution in [2.75, 3.05) is 19.6 Å². The molecule has 3 saturated heterocycles. The Morgan fingerprint density at radius 3 is 2.74 bits per heavy atom. The van der Waals surface area contributed by atoms with E-state index in [-0.39, 0.29) is 12.1 Å². The molecule has 4 aliphatic heterocycles. The molecule has 0 aliphatic carbocycles. The zero-order valence-corrected chi connectivity index (χ0v) is 13.3. The Balaban J connectivity index is 1.50. The number of rotatable bonds is 2. The molecule has 0 amide bonds. The second-order valence-corrected chi connectivity index (χ2v) is 7.18. The summed E-state index contributed by atoms with van der Waals surface area (Å²) < 4.78 is 8.32. The summed E-state index contributed by atoms with van der Waals surface area (Å²) in [6.45, 7) is 4.28. The average molecular weight is 310 g/mol. The molecule has 6 rings (SSSR count). The van der Waals surface area contributed by atoms with Gasteiger partial charge in [-0.1, -0.05) is 18.2 Å². The van der Waals surface area contributed by atoms with E-state index in [2.05, 4.69) is 27.7 Å². The maximum Gasteiger partial charge on any atom is 0.340 e. The fraction of sp³-hybridized carbons (Fsp3) is 0.526. The van der Waals surface area contributed by atoms with Gasteiger partial charge in [-0.05, 0) is 50.8 Å². The predicted octanol–water partition coefficient (Wildman–Crippen LogP) is 2.84. The van der Waals surface area contributed by atoms with Crippen molar-refractivity contribution in [1.29, 1.82) is 0 Å². The summed E-state index contributed by atoms with van der Waals surface area (Å²) >= 11 is 0. The van der Waals surface area contributed by atoms with Gasteiger partial charge in [-0.2, -0.15) is 0 Å². The number of nitrogens with zero attached hydrogens (tertiary/aromatic N) is 2. The molecule has 1 aromatic heterocycles. The van der Waals surface area contributed by atoms with Crippen LogP contribution in [0.2, 0.25) is 0 Å². The van der Waals surface area contributed by atoms with Gasteiger partial charge < -0.3 is 9.30 Å². The Morgan fingerprint density at radius 1 is 1.13 bits per heavy atom. The first-order valence-corrected chi connectivity index (χ1v) is 8.85. The number of benzene rings is 1. The van der Waals surface area contributed by atoms with E-state index in [1.807, 2.05) is 6.07 Å². The summed E-state index contributed by atoms with van der Waals surface area (Å²) in [7, 11) is 0. The van der Waals surface area contributed by atoms with Gasteiger partial charge in [-0.15, -0.1) is 0 Å². The predicted molar refractivity (Wildman–Crippen MR) is 88.6 cm³/mol. The molecule has 120 valence electrons. The Hall–Kier alpha value is -1.81. The molecule has 0 radical (unpaired) electrons. The summed E-state index contributed by atoms with van der Waals surface area (Å²) in [6.07, 6.45) is 4.54. The van der Waals surface area contributed by atoms with E-state index in [0.717, 1.165) is 36.9 Å². The molecule has 3 fully saturated rings. The second kappa shape index (κ2) is 5.10. The van der Waals surface area contributed by atoms with Crippen molar-refractivity contribution in [3.63, 3.8) is 0 Å². The van der Waals surface area contributed by atoms with Crippen molar-refractivity contribution in [3.8, 4) is 0 Å². The summed E-state index contributed by atoms with van der Waals surface area (Å²) in [4.78, 5) is 15.4. The number of para-hydroxylation sites is 1. The normalized spacial score (nSPS) is 29.0. The van der Waals surface area contributed by atoms with Gasteiger partial charge in [0.1, 0.15) is 6.10 Å². The minimum atomic E-state index is -0.101. The van der Waals surface area contributed by atoms with E-state index in [1.165, 1.54) is 37.1 Å². The van der Waals surface area contributed by atoms with Crippen LogP contribution < -0.4 is 0 Å². The number of carbonyl (C=O) groups is 1. The number of hydrogen-bond donors (Lipinski definition) is 0. The monoisotopic (exact) mass is 310 g/mol. The van der Waals surface area contributed by atoms with Gasteiger partial charge in [-0.25, -0.2) is 4.79 Å². The summed E-state index contributed by atoms with van der Waals surface area (Å²) in [6, 6.07) is 8.25. The zero-order chi connectivity index (χ0) is 15.4. The zero-order valence-electron chi connectivity index (χ0n) is 13.3. The van der Waals surface area contributed by atoms with Crippen molar-refractivity contribution in [2.24, 2.45) is 5.92 Å². The Bertz CT molecular complexity index is 771. The van der Waals surface area contributed by atoms with Gasteiger partial charge in [-0.3, -0.25) is 4.90 Å². The smallest absolute Gasteiger partial charge is 0.340 e. The number of ether oxygens (including phenoxy) is 1. The molecule has 0 N–H and O–H groups in total. The third kappa shape index (κ3) is 2.04. The minimum absolute atomic E-state index is 0.0840. The molecule has 0 spiro atoms. The highest BCUT2D eigenvalue weighted by molar-refractivity contribution is 6.06. The lowest BCUT2D eigenvalue weighted by atomic mass is 9.86. The third-order valence-corrected chi connectivity index (χ3v) is 5.93. The van der Waals surface area contributed by atoms with E-state index in [0.29, 0.717) is 5.92 Å². The van der Waals surface area contributed by atoms with Crippen LogP contribution >= 0.6 is 0 Å². The highest BCUT2D eigenvalue weighted by Gasteiger charge is 2.37. The molecule has 5 heterocycles. The molecule has 4 nitrogen and oxygen atoms in total. The molecule has 1 aromatic carbocycles. The number of piperidine rings is 3. The fourth-order valence-corrected chi connectivity index (χ4v) is 4.74. The van der Waals surface area contributed by atoms with Crippen molar-refractivity contribution in [2.45, 2.75) is 38.3 Å². The third-order valence-electron chi connectivity index (χ3n) is 5.93. The quantitative estimate of drug-likeness (QED) is 0.800. The molecule has 23 heavy (non-hydrogen) atoms. The van der Waals surface area contributed by atoms with Gasteiger partial charge in [0.2, 0.25) is 0 Å². The van der Waals surface area contributed by atoms with Crippen LogP contribution in [0.3, 0.4) is 0 Å². The van der Waals surface area contributed by atoms with E-state index >= 15 is 0 Å². The molecule has 2 aromatic rings. The van der Waals surface area contributed by atoms with Gasteiger partial charge in [0.05, 0.1) is 5.56 Å². The first-order valence-electron chi connectivity index (χ1n) is 8.85. The molecular weight excluding hydrogens is 288 g/mol. The Morgan fingerprint density at radius 2 is 1.96 bits per heavy atom. The number of aryl methyl sites for hydroxylation is 1. The lowest BCUT2D eigenvalue weighted by Gasteiger charge is -2.43. The molecule has 2 bridgehead atoms. The minimum Gasteiger partial charge on any atom is -0.457 e. The van der Waals surface area contributed by atoms with Crippen LogP contribution in [-0.2, 0) is 17.7 Å². The first-order chi connectivity index (χ1) is 11.3. The number of carbonyl (C=O) groups excluding carboxylic acids is 1. The Labute approximate surface area is 136 Å². The molecule has 4 aliphatic rings. The summed E-state index contributed by atoms with van der Waals surface area (Å²) in [5, 5.41) is 1.06. The van der Waals surface area contributed by atoms with E-state index in [9.17, 15) is 4.79 Å². The fourth-order valence-electron chi connectivity index (χ4n) is 4.74. The lowest BCUT2D eigenvalue weighted by molar-refractivity contribution is -0.0455. The van der Waals surface area contributed by atoms with Crippen molar-refractivity contribution < 1.29 is 9.53 Å². The number of aromatic nitrogens is 1. The topological polar surface area (TPSA) is 34.5 Å². The van der Waals surface area contributed by atoms with Gasteiger partial charge in [0.25, 0.3) is 0 Å². The van der Waals surface area contributed by atoms with E-state index < -0.39 is 0 Å². The standard InChI is InChI=1S/C19H22N2O2/c22-19(23-17-12-20-10-7-13(17)8-11-20)18-14-4-1-2-5-15(14)21-9-3-6-16(18)21/h1-2,4-5,13,17H,3,6-12H2/t17-/m0/s1. The van der Waals surface area contributed by atoms with Crippen molar-refractivity contribution in [3.05, 3.63) is 35.5 Å². The highest BCUT2D eigenvalue weighted by Crippen LogP contribution is 2.34. The highest BCUT2D eigenvalue weighted by atomic mass is 16.5. The van der Waals surface area contributed by atoms with Crippen LogP contribution in [0, 0.1) is 5.92 Å². The van der Waals surface area contributed by atoms with E-state index in [4.69, 9.17) is 4.74 Å². The second-order valence-electron chi connectivity index (χ2n) is 7.18. The number of fused-ring (bicyclic) bond motifs is 6. The Kier molecular flexibility index (Phi) is 3.02. The van der Waals surface area contributed by atoms with Gasteiger partial charge in [0.15, 0.2) is 0 Å². The maximum absolute atomic E-state index is 13.0. The van der Waals surface area contributed by atoms with E-state index in [1.54, 1.807) is 0 Å². The van der Waals surface area contributed by atoms with Crippen LogP contribution in [0.5, 0.6) is 0 Å². The molecule has 0 saturated carbocycles. The SMILES string of the molecule is O=C(O[C@H]1CN2CCC1CC2)c1c2n(c3ccccc13)CCC2. The lowest BCUT2D eigenvalue weighted by Crippen LogP contribution is -2.51. The van der Waals surface area contributed by atoms with Crippen LogP contribution in [0.25, 0.3) is 10.9 Å². The maximum atomic E-state index is 13.0. The molecule has 1 atom stereocenters. The number of esters is 1. The van der Waals surface area contributed by atoms with Crippen molar-refractivity contribution >= 4 is 16.9 Å². The van der Waals surface area contributed by atoms with Gasteiger partial charge >= 0.3 is 5.97 Å². The van der Waals surface area contributed by atoms with Crippen LogP contribution in [0.15, 0.2) is 24.3 Å². The molecule has 4 heteroatoms. The van der Waals surface area contributed by atoms with Gasteiger partial charge in [0, 0.05) is 29.7 Å². The summed E-state index contributed by atoms with van der Waals surface area (Å²) in [5.41, 5.74) is 3.19.